The first-order valence-corrected chi connectivity index (χ1v) is 6.55. The maximum Gasteiger partial charge on any atom is 0.354 e. The summed E-state index contributed by atoms with van der Waals surface area (Å²) in [6.07, 6.45) is 4.06. The number of benzene rings is 1. The highest BCUT2D eigenvalue weighted by Crippen LogP contribution is 2.23. The van der Waals surface area contributed by atoms with Gasteiger partial charge in [0.05, 0.1) is 25.8 Å². The molecule has 1 N–H and O–H groups in total. The molecule has 21 heavy (non-hydrogen) atoms. The van der Waals surface area contributed by atoms with E-state index in [0.717, 1.165) is 5.56 Å². The predicted octanol–water partition coefficient (Wildman–Crippen LogP) is 1.88. The highest BCUT2D eigenvalue weighted by atomic mass is 16.5. The molecule has 0 radical (unpaired) electrons. The van der Waals surface area contributed by atoms with Crippen LogP contribution in [0.4, 0.5) is 0 Å². The topological polar surface area (TPSA) is 64.6 Å². The lowest BCUT2D eigenvalue weighted by Gasteiger charge is -2.18. The zero-order valence-corrected chi connectivity index (χ0v) is 12.0. The van der Waals surface area contributed by atoms with Crippen molar-refractivity contribution in [1.29, 1.82) is 0 Å². The lowest BCUT2D eigenvalue weighted by Crippen LogP contribution is -2.28. The number of ether oxygens (including phenoxy) is 2. The SMILES string of the molecule is COC(=O)C1=C(C(=O)OC)N[C@H](c2ccccc2)C=CC1. The number of rotatable bonds is 3. The maximum absolute atomic E-state index is 11.9. The van der Waals surface area contributed by atoms with Gasteiger partial charge in [-0.05, 0) is 12.0 Å². The van der Waals surface area contributed by atoms with Crippen LogP contribution in [0.5, 0.6) is 0 Å². The largest absolute Gasteiger partial charge is 0.466 e. The van der Waals surface area contributed by atoms with Crippen LogP contribution in [0.2, 0.25) is 0 Å². The van der Waals surface area contributed by atoms with Crippen molar-refractivity contribution in [3.8, 4) is 0 Å². The fourth-order valence-corrected chi connectivity index (χ4v) is 2.16. The molecule has 1 atom stereocenters. The predicted molar refractivity (Wildman–Crippen MR) is 77.1 cm³/mol. The summed E-state index contributed by atoms with van der Waals surface area (Å²) in [6.45, 7) is 0. The van der Waals surface area contributed by atoms with Gasteiger partial charge in [-0.3, -0.25) is 0 Å². The molecule has 0 saturated carbocycles. The summed E-state index contributed by atoms with van der Waals surface area (Å²) in [5, 5.41) is 3.07. The Hall–Kier alpha value is -2.56. The number of nitrogens with one attached hydrogen (secondary N) is 1. The van der Waals surface area contributed by atoms with Gasteiger partial charge in [-0.1, -0.05) is 42.5 Å². The van der Waals surface area contributed by atoms with E-state index in [2.05, 4.69) is 5.32 Å². The van der Waals surface area contributed by atoms with Gasteiger partial charge < -0.3 is 14.8 Å². The van der Waals surface area contributed by atoms with E-state index in [1.807, 2.05) is 42.5 Å². The zero-order chi connectivity index (χ0) is 15.2. The minimum absolute atomic E-state index is 0.142. The minimum Gasteiger partial charge on any atom is -0.466 e. The van der Waals surface area contributed by atoms with Crippen LogP contribution < -0.4 is 5.32 Å². The summed E-state index contributed by atoms with van der Waals surface area (Å²) in [6, 6.07) is 9.43. The van der Waals surface area contributed by atoms with Crippen LogP contribution in [0.3, 0.4) is 0 Å². The van der Waals surface area contributed by atoms with Gasteiger partial charge in [0.15, 0.2) is 0 Å². The second kappa shape index (κ2) is 6.74. The summed E-state index contributed by atoms with van der Waals surface area (Å²) in [7, 11) is 2.56. The van der Waals surface area contributed by atoms with Gasteiger partial charge in [-0.2, -0.15) is 0 Å². The van der Waals surface area contributed by atoms with Gasteiger partial charge in [0.2, 0.25) is 0 Å². The molecule has 0 bridgehead atoms. The van der Waals surface area contributed by atoms with Crippen LogP contribution >= 0.6 is 0 Å². The highest BCUT2D eigenvalue weighted by molar-refractivity contribution is 6.00. The van der Waals surface area contributed by atoms with E-state index < -0.39 is 11.9 Å². The molecular formula is C16H17NO4. The molecule has 0 fully saturated rings. The third-order valence-corrected chi connectivity index (χ3v) is 3.23. The lowest BCUT2D eigenvalue weighted by atomic mass is 10.1. The zero-order valence-electron chi connectivity index (χ0n) is 12.0. The van der Waals surface area contributed by atoms with Crippen molar-refractivity contribution in [3.05, 3.63) is 59.3 Å². The summed E-state index contributed by atoms with van der Waals surface area (Å²) < 4.78 is 9.49. The standard InChI is InChI=1S/C16H17NO4/c1-20-15(18)12-9-6-10-13(11-7-4-3-5-8-11)17-14(12)16(19)21-2/h3-8,10,13,17H,9H2,1-2H3/t13-/m0/s1. The number of hydrogen-bond acceptors (Lipinski definition) is 5. The first kappa shape index (κ1) is 14.8. The van der Waals surface area contributed by atoms with Crippen molar-refractivity contribution in [3.63, 3.8) is 0 Å². The van der Waals surface area contributed by atoms with Gasteiger partial charge in [-0.15, -0.1) is 0 Å². The van der Waals surface area contributed by atoms with Crippen molar-refractivity contribution in [2.45, 2.75) is 12.5 Å². The third-order valence-electron chi connectivity index (χ3n) is 3.23. The molecule has 1 aromatic rings. The van der Waals surface area contributed by atoms with Crippen LogP contribution in [0.1, 0.15) is 18.0 Å². The van der Waals surface area contributed by atoms with Crippen molar-refractivity contribution >= 4 is 11.9 Å². The van der Waals surface area contributed by atoms with Crippen LogP contribution in [-0.4, -0.2) is 26.2 Å². The van der Waals surface area contributed by atoms with E-state index in [9.17, 15) is 9.59 Å². The van der Waals surface area contributed by atoms with E-state index in [4.69, 9.17) is 9.47 Å². The lowest BCUT2D eigenvalue weighted by molar-refractivity contribution is -0.139. The Bertz CT molecular complexity index is 590. The average molecular weight is 287 g/mol. The van der Waals surface area contributed by atoms with Crippen LogP contribution in [0.15, 0.2) is 53.8 Å². The molecule has 5 nitrogen and oxygen atoms in total. The first-order chi connectivity index (χ1) is 10.2. The molecule has 0 aliphatic carbocycles. The molecule has 110 valence electrons. The molecule has 2 rings (SSSR count). The van der Waals surface area contributed by atoms with Crippen molar-refractivity contribution < 1.29 is 19.1 Å². The van der Waals surface area contributed by atoms with Crippen LogP contribution in [0.25, 0.3) is 0 Å². The molecule has 0 aromatic heterocycles. The molecule has 0 spiro atoms. The number of hydrogen-bond donors (Lipinski definition) is 1. The van der Waals surface area contributed by atoms with Gasteiger partial charge in [0.25, 0.3) is 0 Å². The third kappa shape index (κ3) is 3.31. The first-order valence-electron chi connectivity index (χ1n) is 6.55. The van der Waals surface area contributed by atoms with Gasteiger partial charge >= 0.3 is 11.9 Å². The fourth-order valence-electron chi connectivity index (χ4n) is 2.16. The molecule has 1 aliphatic rings. The molecule has 0 amide bonds. The normalized spacial score (nSPS) is 17.7. The molecular weight excluding hydrogens is 270 g/mol. The molecule has 1 aliphatic heterocycles. The molecule has 0 unspecified atom stereocenters. The van der Waals surface area contributed by atoms with E-state index >= 15 is 0 Å². The Morgan fingerprint density at radius 3 is 2.38 bits per heavy atom. The Morgan fingerprint density at radius 1 is 1.10 bits per heavy atom. The van der Waals surface area contributed by atoms with Gasteiger partial charge in [0.1, 0.15) is 5.70 Å². The number of carbonyl (C=O) groups excluding carboxylic acids is 2. The summed E-state index contributed by atoms with van der Waals surface area (Å²) in [5.41, 5.74) is 1.39. The van der Waals surface area contributed by atoms with E-state index in [1.54, 1.807) is 0 Å². The average Bonchev–Trinajstić information content (AvgIpc) is 2.77. The van der Waals surface area contributed by atoms with Gasteiger partial charge in [0, 0.05) is 0 Å². The highest BCUT2D eigenvalue weighted by Gasteiger charge is 2.26. The summed E-state index contributed by atoms with van der Waals surface area (Å²) in [5.74, 6) is -1.12. The number of carbonyl (C=O) groups is 2. The second-order valence-electron chi connectivity index (χ2n) is 4.50. The van der Waals surface area contributed by atoms with E-state index in [1.165, 1.54) is 14.2 Å². The molecule has 1 heterocycles. The number of methoxy groups -OCH3 is 2. The fraction of sp³-hybridized carbons (Fsp3) is 0.250. The Balaban J connectivity index is 2.39. The monoisotopic (exact) mass is 287 g/mol. The van der Waals surface area contributed by atoms with Crippen LogP contribution in [0, 0.1) is 0 Å². The van der Waals surface area contributed by atoms with Crippen molar-refractivity contribution in [1.82, 2.24) is 5.32 Å². The molecule has 5 heteroatoms. The maximum atomic E-state index is 11.9. The Labute approximate surface area is 123 Å². The number of esters is 2. The molecule has 0 saturated heterocycles. The number of allylic oxidation sites excluding steroid dienone is 1. The quantitative estimate of drug-likeness (QED) is 0.679. The second-order valence-corrected chi connectivity index (χ2v) is 4.50. The van der Waals surface area contributed by atoms with E-state index in [0.29, 0.717) is 6.42 Å². The minimum atomic E-state index is -0.583. The molecule has 1 aromatic carbocycles. The smallest absolute Gasteiger partial charge is 0.354 e. The van der Waals surface area contributed by atoms with Crippen LogP contribution in [-0.2, 0) is 19.1 Å². The summed E-state index contributed by atoms with van der Waals surface area (Å²) >= 11 is 0. The van der Waals surface area contributed by atoms with Gasteiger partial charge in [-0.25, -0.2) is 9.59 Å². The van der Waals surface area contributed by atoms with Crippen molar-refractivity contribution in [2.24, 2.45) is 0 Å². The summed E-state index contributed by atoms with van der Waals surface area (Å²) in [4.78, 5) is 23.8. The van der Waals surface area contributed by atoms with E-state index in [-0.39, 0.29) is 17.3 Å². The van der Waals surface area contributed by atoms with Crippen molar-refractivity contribution in [2.75, 3.05) is 14.2 Å². The Kier molecular flexibility index (Phi) is 4.77. The Morgan fingerprint density at radius 2 is 1.76 bits per heavy atom.